The minimum Gasteiger partial charge on any atom is -0.449 e. The second kappa shape index (κ2) is 10.8. The minimum atomic E-state index is -5.24. The van der Waals surface area contributed by atoms with Gasteiger partial charge in [-0.25, -0.2) is 9.67 Å². The van der Waals surface area contributed by atoms with Gasteiger partial charge in [0.25, 0.3) is 11.1 Å². The molecule has 19 heteroatoms. The average Bonchev–Trinajstić information content (AvgIpc) is 2.79. The molecule has 2 heterocycles. The maximum Gasteiger partial charge on any atom is 0.437 e. The largest absolute Gasteiger partial charge is 0.449 e. The Labute approximate surface area is 217 Å². The van der Waals surface area contributed by atoms with Gasteiger partial charge in [0.1, 0.15) is 11.3 Å². The number of hydrogen-bond acceptors (Lipinski definition) is 8. The van der Waals surface area contributed by atoms with E-state index in [4.69, 9.17) is 21.6 Å². The van der Waals surface area contributed by atoms with Crippen LogP contribution in [0.2, 0.25) is 5.02 Å². The molecule has 1 unspecified atom stereocenters. The number of ether oxygens (including phenoxy) is 1. The number of nitrogens with zero attached hydrogens (tertiary/aromatic N) is 5. The van der Waals surface area contributed by atoms with E-state index < -0.39 is 72.8 Å². The SMILES string of the molecule is CP(=O)(O)OCn1nc(Cn2cnc(C(F)(F)F)c(Oc3cc(Cl)cc(C#N)c3)c2=O)cc(C(F)(F)F)c1=O. The van der Waals surface area contributed by atoms with E-state index in [0.29, 0.717) is 17.6 Å². The Balaban J connectivity index is 2.14. The monoisotopic (exact) mass is 599 g/mol. The summed E-state index contributed by atoms with van der Waals surface area (Å²) < 4.78 is 102. The molecule has 39 heavy (non-hydrogen) atoms. The van der Waals surface area contributed by atoms with Gasteiger partial charge in [0.15, 0.2) is 12.4 Å². The van der Waals surface area contributed by atoms with Crippen molar-refractivity contribution in [1.29, 1.82) is 5.26 Å². The number of benzene rings is 1. The second-order valence-electron chi connectivity index (χ2n) is 7.66. The van der Waals surface area contributed by atoms with Crippen molar-refractivity contribution >= 4 is 19.2 Å². The van der Waals surface area contributed by atoms with Crippen LogP contribution in [0.4, 0.5) is 26.3 Å². The maximum absolute atomic E-state index is 13.6. The van der Waals surface area contributed by atoms with Crippen molar-refractivity contribution in [2.24, 2.45) is 0 Å². The summed E-state index contributed by atoms with van der Waals surface area (Å²) in [5, 5.41) is 12.5. The number of alkyl halides is 6. The van der Waals surface area contributed by atoms with E-state index in [2.05, 4.69) is 14.6 Å². The maximum atomic E-state index is 13.6. The zero-order chi connectivity index (χ0) is 29.3. The summed E-state index contributed by atoms with van der Waals surface area (Å²) in [5.41, 5.74) is -7.66. The lowest BCUT2D eigenvalue weighted by Crippen LogP contribution is -2.33. The standard InChI is InChI=1S/C20H13ClF6N5O6P/c1-39(35,36)37-9-32-17(33)14(19(22,23)24)5-12(30-32)7-31-8-29-16(20(25,26)27)15(18(31)34)38-13-3-10(6-28)2-11(21)4-13/h2-5,8H,7,9H2,1H3,(H,35,36). The molecular formula is C20H13ClF6N5O6P. The zero-order valence-electron chi connectivity index (χ0n) is 19.1. The van der Waals surface area contributed by atoms with E-state index in [0.717, 1.165) is 18.2 Å². The molecule has 0 aliphatic carbocycles. The van der Waals surface area contributed by atoms with Gasteiger partial charge in [-0.15, -0.1) is 0 Å². The molecule has 0 spiro atoms. The number of nitriles is 1. The van der Waals surface area contributed by atoms with Gasteiger partial charge in [0.2, 0.25) is 5.75 Å². The summed E-state index contributed by atoms with van der Waals surface area (Å²) >= 11 is 5.81. The highest BCUT2D eigenvalue weighted by Gasteiger charge is 2.39. The molecule has 0 aliphatic rings. The topological polar surface area (TPSA) is 149 Å². The summed E-state index contributed by atoms with van der Waals surface area (Å²) in [7, 11) is -4.27. The van der Waals surface area contributed by atoms with E-state index in [1.165, 1.54) is 0 Å². The van der Waals surface area contributed by atoms with Crippen LogP contribution < -0.4 is 15.9 Å². The molecule has 0 radical (unpaired) electrons. The molecule has 1 N–H and O–H groups in total. The van der Waals surface area contributed by atoms with Crippen LogP contribution in [0, 0.1) is 11.3 Å². The molecule has 1 atom stereocenters. The normalized spacial score (nSPS) is 13.5. The highest BCUT2D eigenvalue weighted by atomic mass is 35.5. The molecule has 0 saturated heterocycles. The number of halogens is 7. The predicted molar refractivity (Wildman–Crippen MR) is 119 cm³/mol. The third-order valence-corrected chi connectivity index (χ3v) is 5.38. The van der Waals surface area contributed by atoms with Crippen molar-refractivity contribution in [2.45, 2.75) is 25.6 Å². The van der Waals surface area contributed by atoms with Gasteiger partial charge in [-0.1, -0.05) is 11.6 Å². The van der Waals surface area contributed by atoms with E-state index in [1.807, 2.05) is 0 Å². The first-order valence-electron chi connectivity index (χ1n) is 10.1. The molecule has 0 bridgehead atoms. The average molecular weight is 600 g/mol. The van der Waals surface area contributed by atoms with Crippen LogP contribution in [0.25, 0.3) is 0 Å². The van der Waals surface area contributed by atoms with Crippen molar-refractivity contribution in [3.05, 3.63) is 78.8 Å². The molecule has 208 valence electrons. The third-order valence-electron chi connectivity index (χ3n) is 4.57. The van der Waals surface area contributed by atoms with Crippen LogP contribution in [0.15, 0.2) is 40.2 Å². The lowest BCUT2D eigenvalue weighted by atomic mass is 10.2. The first-order chi connectivity index (χ1) is 17.9. The van der Waals surface area contributed by atoms with Crippen LogP contribution in [0.3, 0.4) is 0 Å². The molecule has 0 aliphatic heterocycles. The van der Waals surface area contributed by atoms with Crippen LogP contribution in [0.1, 0.15) is 22.5 Å². The molecule has 2 aromatic heterocycles. The van der Waals surface area contributed by atoms with Crippen LogP contribution in [0.5, 0.6) is 11.5 Å². The Morgan fingerprint density at radius 1 is 1.10 bits per heavy atom. The summed E-state index contributed by atoms with van der Waals surface area (Å²) in [6.07, 6.45) is -10.1. The quantitative estimate of drug-likeness (QED) is 0.314. The zero-order valence-corrected chi connectivity index (χ0v) is 20.8. The Kier molecular flexibility index (Phi) is 8.27. The fraction of sp³-hybridized carbons (Fsp3) is 0.250. The van der Waals surface area contributed by atoms with Crippen molar-refractivity contribution in [2.75, 3.05) is 6.66 Å². The molecule has 0 saturated carbocycles. The Morgan fingerprint density at radius 3 is 2.33 bits per heavy atom. The lowest BCUT2D eigenvalue weighted by Gasteiger charge is -2.16. The Hall–Kier alpha value is -3.71. The summed E-state index contributed by atoms with van der Waals surface area (Å²) in [4.78, 5) is 37.5. The van der Waals surface area contributed by atoms with Crippen molar-refractivity contribution < 1.29 is 45.1 Å². The summed E-state index contributed by atoms with van der Waals surface area (Å²) in [6.45, 7) is -1.45. The first-order valence-corrected chi connectivity index (χ1v) is 12.5. The predicted octanol–water partition coefficient (Wildman–Crippen LogP) is 3.99. The molecule has 11 nitrogen and oxygen atoms in total. The summed E-state index contributed by atoms with van der Waals surface area (Å²) in [6, 6.07) is 5.07. The van der Waals surface area contributed by atoms with Gasteiger partial charge in [0.05, 0.1) is 30.2 Å². The van der Waals surface area contributed by atoms with Gasteiger partial charge in [-0.05, 0) is 24.3 Å². The summed E-state index contributed by atoms with van der Waals surface area (Å²) in [5.74, 6) is -1.84. The van der Waals surface area contributed by atoms with Crippen molar-refractivity contribution in [3.8, 4) is 17.6 Å². The molecule has 3 aromatic rings. The molecule has 0 fully saturated rings. The van der Waals surface area contributed by atoms with Crippen LogP contribution in [-0.2, 0) is 34.7 Å². The fourth-order valence-electron chi connectivity index (χ4n) is 2.98. The Bertz CT molecular complexity index is 1630. The fourth-order valence-corrected chi connectivity index (χ4v) is 3.53. The highest BCUT2D eigenvalue weighted by Crippen LogP contribution is 2.37. The molecule has 3 rings (SSSR count). The van der Waals surface area contributed by atoms with E-state index in [-0.39, 0.29) is 21.3 Å². The lowest BCUT2D eigenvalue weighted by molar-refractivity contribution is -0.142. The van der Waals surface area contributed by atoms with Crippen molar-refractivity contribution in [3.63, 3.8) is 0 Å². The molecular weight excluding hydrogens is 587 g/mol. The molecule has 0 amide bonds. The molecule has 1 aromatic carbocycles. The van der Waals surface area contributed by atoms with E-state index >= 15 is 0 Å². The van der Waals surface area contributed by atoms with Gasteiger partial charge < -0.3 is 9.63 Å². The van der Waals surface area contributed by atoms with Gasteiger partial charge in [-0.3, -0.25) is 23.2 Å². The number of hydrogen-bond donors (Lipinski definition) is 1. The van der Waals surface area contributed by atoms with Gasteiger partial charge in [-0.2, -0.15) is 36.7 Å². The third kappa shape index (κ3) is 7.45. The van der Waals surface area contributed by atoms with Crippen LogP contribution in [-0.4, -0.2) is 30.9 Å². The Morgan fingerprint density at radius 2 is 1.77 bits per heavy atom. The van der Waals surface area contributed by atoms with E-state index in [1.54, 1.807) is 6.07 Å². The second-order valence-corrected chi connectivity index (χ2v) is 9.96. The first kappa shape index (κ1) is 29.8. The van der Waals surface area contributed by atoms with Gasteiger partial charge >= 0.3 is 19.9 Å². The van der Waals surface area contributed by atoms with Crippen LogP contribution >= 0.6 is 19.2 Å². The smallest absolute Gasteiger partial charge is 0.437 e. The number of aromatic nitrogens is 4. The number of rotatable bonds is 7. The van der Waals surface area contributed by atoms with E-state index in [9.17, 15) is 45.4 Å². The highest BCUT2D eigenvalue weighted by molar-refractivity contribution is 7.51. The minimum absolute atomic E-state index is 0.0554. The van der Waals surface area contributed by atoms with Crippen molar-refractivity contribution in [1.82, 2.24) is 19.3 Å². The van der Waals surface area contributed by atoms with Gasteiger partial charge in [0, 0.05) is 11.7 Å².